The quantitative estimate of drug-likeness (QED) is 0.833. The molecule has 0 saturated heterocycles. The van der Waals surface area contributed by atoms with Gasteiger partial charge < -0.3 is 9.88 Å². The van der Waals surface area contributed by atoms with Crippen molar-refractivity contribution in [1.82, 2.24) is 9.88 Å². The van der Waals surface area contributed by atoms with E-state index in [1.54, 1.807) is 0 Å². The minimum absolute atomic E-state index is 0.570. The van der Waals surface area contributed by atoms with E-state index in [4.69, 9.17) is 0 Å². The zero-order valence-corrected chi connectivity index (χ0v) is 10.5. The molecule has 0 aliphatic rings. The summed E-state index contributed by atoms with van der Waals surface area (Å²) in [6, 6.07) is 6.52. The number of hydrogen-bond acceptors (Lipinski definition) is 1. The molecule has 0 amide bonds. The van der Waals surface area contributed by atoms with Crippen molar-refractivity contribution >= 4 is 10.9 Å². The van der Waals surface area contributed by atoms with Crippen LogP contribution in [0.2, 0.25) is 0 Å². The highest BCUT2D eigenvalue weighted by molar-refractivity contribution is 5.87. The number of nitrogens with one attached hydrogen (secondary N) is 1. The van der Waals surface area contributed by atoms with Crippen LogP contribution in [0.4, 0.5) is 0 Å². The van der Waals surface area contributed by atoms with Crippen LogP contribution in [0.1, 0.15) is 30.9 Å². The van der Waals surface area contributed by atoms with E-state index in [2.05, 4.69) is 62.2 Å². The predicted molar refractivity (Wildman–Crippen MR) is 69.8 cm³/mol. The third-order valence-corrected chi connectivity index (χ3v) is 2.93. The standard InChI is InChI=1S/C14H20N2/c1-10(2)12-6-5-7-13-14(12)11(8-15-13)9-16(3)4/h5-8,10,15H,9H2,1-4H3. The van der Waals surface area contributed by atoms with Gasteiger partial charge in [0.25, 0.3) is 0 Å². The molecule has 86 valence electrons. The van der Waals surface area contributed by atoms with Crippen LogP contribution in [0.3, 0.4) is 0 Å². The SMILES string of the molecule is CC(C)c1cccc2[nH]cc(CN(C)C)c12. The minimum Gasteiger partial charge on any atom is -0.361 e. The number of benzene rings is 1. The molecule has 2 aromatic rings. The van der Waals surface area contributed by atoms with Crippen LogP contribution < -0.4 is 0 Å². The highest BCUT2D eigenvalue weighted by Crippen LogP contribution is 2.28. The summed E-state index contributed by atoms with van der Waals surface area (Å²) >= 11 is 0. The fourth-order valence-corrected chi connectivity index (χ4v) is 2.23. The number of rotatable bonds is 3. The molecule has 2 rings (SSSR count). The van der Waals surface area contributed by atoms with Gasteiger partial charge in [-0.2, -0.15) is 0 Å². The monoisotopic (exact) mass is 216 g/mol. The molecule has 0 saturated carbocycles. The first-order valence-electron chi connectivity index (χ1n) is 5.83. The molecule has 0 unspecified atom stereocenters. The second kappa shape index (κ2) is 4.30. The average Bonchev–Trinajstić information content (AvgIpc) is 2.60. The lowest BCUT2D eigenvalue weighted by molar-refractivity contribution is 0.404. The van der Waals surface area contributed by atoms with Gasteiger partial charge in [-0.05, 0) is 37.2 Å². The number of H-pyrrole nitrogens is 1. The zero-order chi connectivity index (χ0) is 11.7. The lowest BCUT2D eigenvalue weighted by Crippen LogP contribution is -2.10. The van der Waals surface area contributed by atoms with Crippen molar-refractivity contribution in [3.05, 3.63) is 35.5 Å². The Labute approximate surface area is 97.3 Å². The highest BCUT2D eigenvalue weighted by Gasteiger charge is 2.11. The van der Waals surface area contributed by atoms with Crippen molar-refractivity contribution < 1.29 is 0 Å². The van der Waals surface area contributed by atoms with Crippen molar-refractivity contribution in [1.29, 1.82) is 0 Å². The van der Waals surface area contributed by atoms with Gasteiger partial charge in [0.1, 0.15) is 0 Å². The normalized spacial score (nSPS) is 11.9. The van der Waals surface area contributed by atoms with E-state index in [0.29, 0.717) is 5.92 Å². The second-order valence-corrected chi connectivity index (χ2v) is 4.98. The Kier molecular flexibility index (Phi) is 3.01. The smallest absolute Gasteiger partial charge is 0.0460 e. The third kappa shape index (κ3) is 1.98. The summed E-state index contributed by atoms with van der Waals surface area (Å²) < 4.78 is 0. The molecule has 2 nitrogen and oxygen atoms in total. The maximum atomic E-state index is 3.36. The van der Waals surface area contributed by atoms with Gasteiger partial charge in [-0.15, -0.1) is 0 Å². The first-order valence-corrected chi connectivity index (χ1v) is 5.83. The fourth-order valence-electron chi connectivity index (χ4n) is 2.23. The summed E-state index contributed by atoms with van der Waals surface area (Å²) in [5, 5.41) is 1.41. The molecule has 0 bridgehead atoms. The van der Waals surface area contributed by atoms with Crippen LogP contribution in [0.5, 0.6) is 0 Å². The van der Waals surface area contributed by atoms with Gasteiger partial charge in [-0.3, -0.25) is 0 Å². The summed E-state index contributed by atoms with van der Waals surface area (Å²) in [6.45, 7) is 5.49. The maximum absolute atomic E-state index is 3.36. The van der Waals surface area contributed by atoms with Gasteiger partial charge in [-0.1, -0.05) is 26.0 Å². The van der Waals surface area contributed by atoms with Crippen molar-refractivity contribution in [3.8, 4) is 0 Å². The number of hydrogen-bond donors (Lipinski definition) is 1. The molecule has 0 aliphatic carbocycles. The molecule has 1 aromatic carbocycles. The van der Waals surface area contributed by atoms with E-state index >= 15 is 0 Å². The minimum atomic E-state index is 0.570. The van der Waals surface area contributed by atoms with E-state index < -0.39 is 0 Å². The summed E-state index contributed by atoms with van der Waals surface area (Å²) in [7, 11) is 4.22. The van der Waals surface area contributed by atoms with Gasteiger partial charge in [0.2, 0.25) is 0 Å². The van der Waals surface area contributed by atoms with Gasteiger partial charge in [0.05, 0.1) is 0 Å². The van der Waals surface area contributed by atoms with Crippen LogP contribution in [-0.2, 0) is 6.54 Å². The molecule has 1 aromatic heterocycles. The Morgan fingerprint density at radius 3 is 2.62 bits per heavy atom. The largest absolute Gasteiger partial charge is 0.361 e. The van der Waals surface area contributed by atoms with Gasteiger partial charge in [0, 0.05) is 23.6 Å². The maximum Gasteiger partial charge on any atom is 0.0460 e. The Hall–Kier alpha value is -1.28. The topological polar surface area (TPSA) is 19.0 Å². The molecular formula is C14H20N2. The van der Waals surface area contributed by atoms with Crippen LogP contribution in [0, 0.1) is 0 Å². The van der Waals surface area contributed by atoms with Gasteiger partial charge >= 0.3 is 0 Å². The highest BCUT2D eigenvalue weighted by atomic mass is 15.0. The number of fused-ring (bicyclic) bond motifs is 1. The van der Waals surface area contributed by atoms with Crippen molar-refractivity contribution in [3.63, 3.8) is 0 Å². The molecule has 0 fully saturated rings. The molecule has 0 aliphatic heterocycles. The fraction of sp³-hybridized carbons (Fsp3) is 0.429. The van der Waals surface area contributed by atoms with Crippen LogP contribution in [0.25, 0.3) is 10.9 Å². The molecule has 0 atom stereocenters. The Balaban J connectivity index is 2.58. The van der Waals surface area contributed by atoms with Crippen LogP contribution in [-0.4, -0.2) is 24.0 Å². The van der Waals surface area contributed by atoms with Gasteiger partial charge in [-0.25, -0.2) is 0 Å². The van der Waals surface area contributed by atoms with E-state index in [1.165, 1.54) is 22.0 Å². The Morgan fingerprint density at radius 1 is 1.25 bits per heavy atom. The van der Waals surface area contributed by atoms with Crippen molar-refractivity contribution in [2.45, 2.75) is 26.3 Å². The number of nitrogens with zero attached hydrogens (tertiary/aromatic N) is 1. The van der Waals surface area contributed by atoms with Crippen LogP contribution >= 0.6 is 0 Å². The first-order chi connectivity index (χ1) is 7.59. The number of aromatic amines is 1. The van der Waals surface area contributed by atoms with Gasteiger partial charge in [0.15, 0.2) is 0 Å². The molecule has 2 heteroatoms. The van der Waals surface area contributed by atoms with Crippen molar-refractivity contribution in [2.75, 3.05) is 14.1 Å². The van der Waals surface area contributed by atoms with E-state index in [9.17, 15) is 0 Å². The summed E-state index contributed by atoms with van der Waals surface area (Å²) in [4.78, 5) is 5.57. The first kappa shape index (κ1) is 11.2. The zero-order valence-electron chi connectivity index (χ0n) is 10.5. The molecular weight excluding hydrogens is 196 g/mol. The van der Waals surface area contributed by atoms with E-state index in [1.807, 2.05) is 0 Å². The second-order valence-electron chi connectivity index (χ2n) is 4.98. The summed E-state index contributed by atoms with van der Waals surface area (Å²) in [6.07, 6.45) is 2.14. The average molecular weight is 216 g/mol. The van der Waals surface area contributed by atoms with E-state index in [-0.39, 0.29) is 0 Å². The predicted octanol–water partition coefficient (Wildman–Crippen LogP) is 3.35. The Morgan fingerprint density at radius 2 is 2.00 bits per heavy atom. The molecule has 16 heavy (non-hydrogen) atoms. The van der Waals surface area contributed by atoms with E-state index in [0.717, 1.165) is 6.54 Å². The molecule has 0 spiro atoms. The molecule has 1 N–H and O–H groups in total. The third-order valence-electron chi connectivity index (χ3n) is 2.93. The lowest BCUT2D eigenvalue weighted by Gasteiger charge is -2.12. The summed E-state index contributed by atoms with van der Waals surface area (Å²) in [5.41, 5.74) is 4.09. The molecule has 1 heterocycles. The van der Waals surface area contributed by atoms with Crippen molar-refractivity contribution in [2.24, 2.45) is 0 Å². The lowest BCUT2D eigenvalue weighted by atomic mass is 9.97. The number of aromatic nitrogens is 1. The summed E-state index contributed by atoms with van der Waals surface area (Å²) in [5.74, 6) is 0.570. The Bertz CT molecular complexity index is 480. The molecule has 0 radical (unpaired) electrons. The van der Waals surface area contributed by atoms with Crippen LogP contribution in [0.15, 0.2) is 24.4 Å².